The van der Waals surface area contributed by atoms with Crippen molar-refractivity contribution in [3.05, 3.63) is 35.9 Å². The van der Waals surface area contributed by atoms with Crippen LogP contribution in [0.25, 0.3) is 0 Å². The fourth-order valence-electron chi connectivity index (χ4n) is 4.03. The zero-order valence-corrected chi connectivity index (χ0v) is 17.3. The molecule has 1 atom stereocenters. The molecule has 160 valence electrons. The van der Waals surface area contributed by atoms with Gasteiger partial charge in [-0.3, -0.25) is 9.69 Å². The third kappa shape index (κ3) is 6.72. The minimum atomic E-state index is -0.381. The van der Waals surface area contributed by atoms with Gasteiger partial charge in [-0.1, -0.05) is 30.3 Å². The number of piperidine rings is 1. The topological polar surface area (TPSA) is 71.1 Å². The number of esters is 1. The van der Waals surface area contributed by atoms with E-state index in [4.69, 9.17) is 9.47 Å². The fourth-order valence-corrected chi connectivity index (χ4v) is 4.03. The normalized spacial score (nSPS) is 19.6. The second kappa shape index (κ2) is 11.2. The van der Waals surface area contributed by atoms with Gasteiger partial charge in [0, 0.05) is 32.7 Å². The lowest BCUT2D eigenvalue weighted by Crippen LogP contribution is -2.48. The van der Waals surface area contributed by atoms with Gasteiger partial charge < -0.3 is 19.7 Å². The molecule has 1 unspecified atom stereocenters. The Hall–Kier alpha value is -2.12. The first-order valence-electron chi connectivity index (χ1n) is 10.7. The fraction of sp³-hybridized carbons (Fsp3) is 0.636. The molecule has 1 N–H and O–H groups in total. The Bertz CT molecular complexity index is 641. The molecule has 1 aromatic rings. The van der Waals surface area contributed by atoms with E-state index in [-0.39, 0.29) is 24.5 Å². The molecule has 0 aliphatic carbocycles. The van der Waals surface area contributed by atoms with Gasteiger partial charge in [-0.2, -0.15) is 0 Å². The van der Waals surface area contributed by atoms with Crippen molar-refractivity contribution in [2.75, 3.05) is 52.5 Å². The Morgan fingerprint density at radius 1 is 1.14 bits per heavy atom. The number of morpholine rings is 1. The summed E-state index contributed by atoms with van der Waals surface area (Å²) in [6.07, 6.45) is 2.16. The number of ether oxygens (including phenoxy) is 2. The first kappa shape index (κ1) is 21.6. The molecule has 2 amide bonds. The number of nitrogens with zero attached hydrogens (tertiary/aromatic N) is 2. The average Bonchev–Trinajstić information content (AvgIpc) is 2.75. The van der Waals surface area contributed by atoms with Gasteiger partial charge in [0.25, 0.3) is 0 Å². The van der Waals surface area contributed by atoms with E-state index >= 15 is 0 Å². The second-order valence-electron chi connectivity index (χ2n) is 7.77. The molecule has 3 rings (SSSR count). The van der Waals surface area contributed by atoms with Crippen molar-refractivity contribution in [1.29, 1.82) is 0 Å². The third-order valence-corrected chi connectivity index (χ3v) is 5.70. The molecule has 0 saturated carbocycles. The summed E-state index contributed by atoms with van der Waals surface area (Å²) < 4.78 is 10.5. The number of urea groups is 1. The lowest BCUT2D eigenvalue weighted by atomic mass is 9.96. The van der Waals surface area contributed by atoms with E-state index in [1.165, 1.54) is 0 Å². The highest BCUT2D eigenvalue weighted by atomic mass is 16.5. The minimum absolute atomic E-state index is 0.104. The van der Waals surface area contributed by atoms with E-state index < -0.39 is 0 Å². The molecule has 2 heterocycles. The Labute approximate surface area is 173 Å². The first-order valence-corrected chi connectivity index (χ1v) is 10.7. The molecule has 2 fully saturated rings. The summed E-state index contributed by atoms with van der Waals surface area (Å²) in [6, 6.07) is 9.12. The van der Waals surface area contributed by atoms with Crippen molar-refractivity contribution in [3.63, 3.8) is 0 Å². The maximum absolute atomic E-state index is 12.9. The lowest BCUT2D eigenvalue weighted by Gasteiger charge is -2.36. The predicted molar refractivity (Wildman–Crippen MR) is 111 cm³/mol. The maximum Gasteiger partial charge on any atom is 0.317 e. The van der Waals surface area contributed by atoms with Crippen molar-refractivity contribution in [1.82, 2.24) is 15.1 Å². The van der Waals surface area contributed by atoms with Crippen LogP contribution in [0.1, 0.15) is 37.8 Å². The van der Waals surface area contributed by atoms with Crippen molar-refractivity contribution in [2.45, 2.75) is 32.2 Å². The van der Waals surface area contributed by atoms with Crippen LogP contribution in [-0.4, -0.2) is 74.3 Å². The Morgan fingerprint density at radius 2 is 1.83 bits per heavy atom. The number of hydrogen-bond donors (Lipinski definition) is 1. The second-order valence-corrected chi connectivity index (χ2v) is 7.77. The SMILES string of the molecule is CCOC(=O)CC(NC(=O)N1CCC(CN2CCOCC2)CC1)c1ccccc1. The lowest BCUT2D eigenvalue weighted by molar-refractivity contribution is -0.143. The molecular weight excluding hydrogens is 370 g/mol. The minimum Gasteiger partial charge on any atom is -0.466 e. The molecule has 2 aliphatic heterocycles. The molecule has 2 saturated heterocycles. The van der Waals surface area contributed by atoms with Crippen LogP contribution in [0.4, 0.5) is 4.79 Å². The van der Waals surface area contributed by atoms with Crippen LogP contribution in [-0.2, 0) is 14.3 Å². The van der Waals surface area contributed by atoms with E-state index in [2.05, 4.69) is 10.2 Å². The summed E-state index contributed by atoms with van der Waals surface area (Å²) in [7, 11) is 0. The van der Waals surface area contributed by atoms with Crippen LogP contribution in [0.15, 0.2) is 30.3 Å². The van der Waals surface area contributed by atoms with Gasteiger partial charge in [-0.15, -0.1) is 0 Å². The predicted octanol–water partition coefficient (Wildman–Crippen LogP) is 2.43. The average molecular weight is 404 g/mol. The van der Waals surface area contributed by atoms with Crippen LogP contribution in [0, 0.1) is 5.92 Å². The standard InChI is InChI=1S/C22H33N3O4/c1-2-29-21(26)16-20(19-6-4-3-5-7-19)23-22(27)25-10-8-18(9-11-25)17-24-12-14-28-15-13-24/h3-7,18,20H,2,8-17H2,1H3,(H,23,27). The largest absolute Gasteiger partial charge is 0.466 e. The van der Waals surface area contributed by atoms with Gasteiger partial charge in [0.1, 0.15) is 0 Å². The van der Waals surface area contributed by atoms with Crippen molar-refractivity contribution < 1.29 is 19.1 Å². The number of likely N-dealkylation sites (tertiary alicyclic amines) is 1. The Morgan fingerprint density at radius 3 is 2.48 bits per heavy atom. The molecule has 7 nitrogen and oxygen atoms in total. The number of nitrogens with one attached hydrogen (secondary N) is 1. The monoisotopic (exact) mass is 403 g/mol. The van der Waals surface area contributed by atoms with Crippen LogP contribution in [0.5, 0.6) is 0 Å². The number of carbonyl (C=O) groups excluding carboxylic acids is 2. The molecule has 29 heavy (non-hydrogen) atoms. The summed E-state index contributed by atoms with van der Waals surface area (Å²) in [5.41, 5.74) is 0.913. The van der Waals surface area contributed by atoms with E-state index in [1.807, 2.05) is 35.2 Å². The van der Waals surface area contributed by atoms with E-state index in [0.29, 0.717) is 12.5 Å². The number of hydrogen-bond acceptors (Lipinski definition) is 5. The summed E-state index contributed by atoms with van der Waals surface area (Å²) in [4.78, 5) is 29.2. The van der Waals surface area contributed by atoms with Gasteiger partial charge in [0.2, 0.25) is 0 Å². The molecule has 2 aliphatic rings. The van der Waals surface area contributed by atoms with Gasteiger partial charge >= 0.3 is 12.0 Å². The Kier molecular flexibility index (Phi) is 8.31. The van der Waals surface area contributed by atoms with Gasteiger partial charge in [0.05, 0.1) is 32.3 Å². The van der Waals surface area contributed by atoms with Crippen LogP contribution in [0.3, 0.4) is 0 Å². The van der Waals surface area contributed by atoms with Crippen LogP contribution >= 0.6 is 0 Å². The van der Waals surface area contributed by atoms with Crippen molar-refractivity contribution >= 4 is 12.0 Å². The number of benzene rings is 1. The van der Waals surface area contributed by atoms with Gasteiger partial charge in [-0.05, 0) is 31.2 Å². The van der Waals surface area contributed by atoms with E-state index in [0.717, 1.165) is 64.3 Å². The van der Waals surface area contributed by atoms with Crippen molar-refractivity contribution in [3.8, 4) is 0 Å². The van der Waals surface area contributed by atoms with Crippen LogP contribution in [0.2, 0.25) is 0 Å². The van der Waals surface area contributed by atoms with E-state index in [1.54, 1.807) is 6.92 Å². The summed E-state index contributed by atoms with van der Waals surface area (Å²) in [5.74, 6) is 0.326. The highest BCUT2D eigenvalue weighted by molar-refractivity contribution is 5.77. The van der Waals surface area contributed by atoms with E-state index in [9.17, 15) is 9.59 Å². The zero-order valence-electron chi connectivity index (χ0n) is 17.3. The smallest absolute Gasteiger partial charge is 0.317 e. The number of carbonyl (C=O) groups is 2. The number of rotatable bonds is 7. The molecule has 0 aromatic heterocycles. The molecule has 0 bridgehead atoms. The number of amides is 2. The molecular formula is C22H33N3O4. The molecule has 0 radical (unpaired) electrons. The highest BCUT2D eigenvalue weighted by Gasteiger charge is 2.27. The third-order valence-electron chi connectivity index (χ3n) is 5.70. The summed E-state index contributed by atoms with van der Waals surface area (Å²) in [6.45, 7) is 8.38. The van der Waals surface area contributed by atoms with Crippen LogP contribution < -0.4 is 5.32 Å². The Balaban J connectivity index is 1.51. The molecule has 7 heteroatoms. The summed E-state index contributed by atoms with van der Waals surface area (Å²) in [5, 5.41) is 3.05. The quantitative estimate of drug-likeness (QED) is 0.708. The summed E-state index contributed by atoms with van der Waals surface area (Å²) >= 11 is 0. The highest BCUT2D eigenvalue weighted by Crippen LogP contribution is 2.21. The van der Waals surface area contributed by atoms with Gasteiger partial charge in [-0.25, -0.2) is 4.79 Å². The molecule has 1 aromatic carbocycles. The maximum atomic E-state index is 12.9. The van der Waals surface area contributed by atoms with Crippen molar-refractivity contribution in [2.24, 2.45) is 5.92 Å². The van der Waals surface area contributed by atoms with Gasteiger partial charge in [0.15, 0.2) is 0 Å². The molecule has 0 spiro atoms. The zero-order chi connectivity index (χ0) is 20.5. The first-order chi connectivity index (χ1) is 14.2.